The van der Waals surface area contributed by atoms with E-state index in [1.54, 1.807) is 17.8 Å². The number of hydrogen-bond donors (Lipinski definition) is 1. The van der Waals surface area contributed by atoms with E-state index in [0.29, 0.717) is 17.9 Å². The van der Waals surface area contributed by atoms with Gasteiger partial charge < -0.3 is 10.0 Å². The molecule has 3 heterocycles. The van der Waals surface area contributed by atoms with Crippen LogP contribution in [0.3, 0.4) is 0 Å². The number of rotatable bonds is 3. The minimum absolute atomic E-state index is 0.0905. The number of carboxylic acid groups (broad SMARTS) is 1. The second kappa shape index (κ2) is 5.99. The van der Waals surface area contributed by atoms with Gasteiger partial charge in [0.15, 0.2) is 0 Å². The van der Waals surface area contributed by atoms with E-state index >= 15 is 0 Å². The molecule has 0 spiro atoms. The van der Waals surface area contributed by atoms with Crippen molar-refractivity contribution in [2.45, 2.75) is 38.5 Å². The summed E-state index contributed by atoms with van der Waals surface area (Å²) < 4.78 is 26.3. The van der Waals surface area contributed by atoms with Crippen molar-refractivity contribution in [2.75, 3.05) is 24.7 Å². The molecule has 1 saturated heterocycles. The molecule has 138 valence electrons. The van der Waals surface area contributed by atoms with E-state index in [1.807, 2.05) is 0 Å². The second-order valence-corrected chi connectivity index (χ2v) is 8.60. The molecule has 11 heteroatoms. The van der Waals surface area contributed by atoms with E-state index < -0.39 is 22.2 Å². The third-order valence-corrected chi connectivity index (χ3v) is 6.24. The first-order valence-corrected chi connectivity index (χ1v) is 9.72. The molecule has 1 fully saturated rings. The molecule has 1 aromatic rings. The number of amides is 2. The van der Waals surface area contributed by atoms with Gasteiger partial charge in [-0.05, 0) is 6.92 Å². The Hall–Kier alpha value is -2.14. The molecule has 0 aliphatic carbocycles. The summed E-state index contributed by atoms with van der Waals surface area (Å²) in [5.74, 6) is -0.197. The molecule has 0 saturated carbocycles. The van der Waals surface area contributed by atoms with Crippen molar-refractivity contribution in [1.29, 1.82) is 0 Å². The number of hydrogen-bond acceptors (Lipinski definition) is 5. The Kier molecular flexibility index (Phi) is 4.23. The Morgan fingerprint density at radius 2 is 2.08 bits per heavy atom. The lowest BCUT2D eigenvalue weighted by Gasteiger charge is -2.32. The lowest BCUT2D eigenvalue weighted by molar-refractivity contribution is -0.117. The van der Waals surface area contributed by atoms with Gasteiger partial charge in [-0.15, -0.1) is 0 Å². The zero-order valence-electron chi connectivity index (χ0n) is 14.3. The topological polar surface area (TPSA) is 116 Å². The van der Waals surface area contributed by atoms with Crippen LogP contribution in [0.4, 0.5) is 10.5 Å². The van der Waals surface area contributed by atoms with Gasteiger partial charge >= 0.3 is 6.09 Å². The van der Waals surface area contributed by atoms with Gasteiger partial charge in [0, 0.05) is 20.0 Å². The fourth-order valence-corrected chi connectivity index (χ4v) is 3.99. The maximum atomic E-state index is 12.4. The van der Waals surface area contributed by atoms with Crippen molar-refractivity contribution in [3.8, 4) is 0 Å². The lowest BCUT2D eigenvalue weighted by atomic mass is 10.2. The average molecular weight is 371 g/mol. The highest BCUT2D eigenvalue weighted by Gasteiger charge is 2.39. The van der Waals surface area contributed by atoms with Gasteiger partial charge in [-0.25, -0.2) is 13.2 Å². The van der Waals surface area contributed by atoms with Crippen LogP contribution in [0.25, 0.3) is 0 Å². The van der Waals surface area contributed by atoms with Crippen LogP contribution in [-0.2, 0) is 27.9 Å². The fourth-order valence-electron chi connectivity index (χ4n) is 3.30. The van der Waals surface area contributed by atoms with Gasteiger partial charge in [-0.3, -0.25) is 14.4 Å². The Morgan fingerprint density at radius 3 is 2.68 bits per heavy atom. The van der Waals surface area contributed by atoms with Gasteiger partial charge in [0.25, 0.3) is 0 Å². The SMILES string of the molecule is C[C@H]1Cn2ncc(N3CC(N(C)S(C)(=O)=O)CC3=O)c2CN1C(=O)O. The van der Waals surface area contributed by atoms with Crippen LogP contribution in [0, 0.1) is 0 Å². The quantitative estimate of drug-likeness (QED) is 0.784. The first kappa shape index (κ1) is 17.7. The van der Waals surface area contributed by atoms with Crippen LogP contribution in [-0.4, -0.2) is 76.4 Å². The normalized spacial score (nSPS) is 24.1. The van der Waals surface area contributed by atoms with E-state index in [1.165, 1.54) is 21.2 Å². The Bertz CT molecular complexity index is 820. The van der Waals surface area contributed by atoms with Crippen molar-refractivity contribution < 1.29 is 23.1 Å². The maximum Gasteiger partial charge on any atom is 0.407 e. The Morgan fingerprint density at radius 1 is 1.40 bits per heavy atom. The largest absolute Gasteiger partial charge is 0.465 e. The zero-order valence-corrected chi connectivity index (χ0v) is 15.1. The van der Waals surface area contributed by atoms with Gasteiger partial charge in [0.1, 0.15) is 0 Å². The molecule has 1 aromatic heterocycles. The molecular formula is C14H21N5O5S. The van der Waals surface area contributed by atoms with Crippen LogP contribution in [0.1, 0.15) is 19.0 Å². The van der Waals surface area contributed by atoms with Crippen LogP contribution in [0.5, 0.6) is 0 Å². The monoisotopic (exact) mass is 371 g/mol. The van der Waals surface area contributed by atoms with Crippen LogP contribution >= 0.6 is 0 Å². The molecular weight excluding hydrogens is 350 g/mol. The van der Waals surface area contributed by atoms with Crippen molar-refractivity contribution >= 4 is 27.7 Å². The van der Waals surface area contributed by atoms with E-state index in [-0.39, 0.29) is 31.5 Å². The molecule has 3 rings (SSSR count). The summed E-state index contributed by atoms with van der Waals surface area (Å²) in [6.07, 6.45) is 1.73. The number of fused-ring (bicyclic) bond motifs is 1. The summed E-state index contributed by atoms with van der Waals surface area (Å²) in [7, 11) is -1.94. The summed E-state index contributed by atoms with van der Waals surface area (Å²) in [4.78, 5) is 26.6. The maximum absolute atomic E-state index is 12.4. The Labute approximate surface area is 145 Å². The summed E-state index contributed by atoms with van der Waals surface area (Å²) in [5.41, 5.74) is 1.20. The molecule has 2 amide bonds. The average Bonchev–Trinajstić information content (AvgIpc) is 3.07. The minimum atomic E-state index is -3.40. The van der Waals surface area contributed by atoms with Gasteiger partial charge in [-0.1, -0.05) is 0 Å². The molecule has 0 aromatic carbocycles. The smallest absolute Gasteiger partial charge is 0.407 e. The molecule has 10 nitrogen and oxygen atoms in total. The highest BCUT2D eigenvalue weighted by molar-refractivity contribution is 7.88. The number of aromatic nitrogens is 2. The molecule has 0 bridgehead atoms. The number of nitrogens with zero attached hydrogens (tertiary/aromatic N) is 5. The summed E-state index contributed by atoms with van der Waals surface area (Å²) >= 11 is 0. The highest BCUT2D eigenvalue weighted by atomic mass is 32.2. The molecule has 0 radical (unpaired) electrons. The third-order valence-electron chi connectivity index (χ3n) is 4.89. The summed E-state index contributed by atoms with van der Waals surface area (Å²) in [5, 5.41) is 13.6. The van der Waals surface area contributed by atoms with Gasteiger partial charge in [0.2, 0.25) is 15.9 Å². The van der Waals surface area contributed by atoms with E-state index in [4.69, 9.17) is 0 Å². The first-order chi connectivity index (χ1) is 11.6. The summed E-state index contributed by atoms with van der Waals surface area (Å²) in [6, 6.07) is -0.660. The number of anilines is 1. The van der Waals surface area contributed by atoms with E-state index in [2.05, 4.69) is 5.10 Å². The van der Waals surface area contributed by atoms with E-state index in [0.717, 1.165) is 6.26 Å². The Balaban J connectivity index is 1.87. The molecule has 1 N–H and O–H groups in total. The molecule has 2 atom stereocenters. The molecule has 25 heavy (non-hydrogen) atoms. The standard InChI is InChI=1S/C14H21N5O5S/c1-9-6-19-12(8-17(9)14(21)22)11(5-15-19)18-7-10(4-13(18)20)16(2)25(3,23)24/h5,9-10H,4,6-8H2,1-3H3,(H,21,22)/t9-,10?/m0/s1. The predicted molar refractivity (Wildman–Crippen MR) is 88.6 cm³/mol. The first-order valence-electron chi connectivity index (χ1n) is 7.87. The molecule has 2 aliphatic rings. The predicted octanol–water partition coefficient (Wildman–Crippen LogP) is -0.238. The van der Waals surface area contributed by atoms with E-state index in [9.17, 15) is 23.1 Å². The van der Waals surface area contributed by atoms with Crippen molar-refractivity contribution in [1.82, 2.24) is 19.0 Å². The number of sulfonamides is 1. The van der Waals surface area contributed by atoms with Crippen molar-refractivity contribution in [3.63, 3.8) is 0 Å². The van der Waals surface area contributed by atoms with Gasteiger partial charge in [-0.2, -0.15) is 9.40 Å². The van der Waals surface area contributed by atoms with Crippen LogP contribution in [0.15, 0.2) is 6.20 Å². The van der Waals surface area contributed by atoms with Gasteiger partial charge in [0.05, 0.1) is 49.0 Å². The lowest BCUT2D eigenvalue weighted by Crippen LogP contribution is -2.44. The number of carbonyl (C=O) groups is 2. The zero-order chi connectivity index (χ0) is 18.5. The summed E-state index contributed by atoms with van der Waals surface area (Å²) in [6.45, 7) is 2.58. The van der Waals surface area contributed by atoms with Crippen LogP contribution in [0.2, 0.25) is 0 Å². The fraction of sp³-hybridized carbons (Fsp3) is 0.643. The second-order valence-electron chi connectivity index (χ2n) is 6.56. The third kappa shape index (κ3) is 3.09. The van der Waals surface area contributed by atoms with Crippen molar-refractivity contribution in [3.05, 3.63) is 11.9 Å². The molecule has 1 unspecified atom stereocenters. The minimum Gasteiger partial charge on any atom is -0.465 e. The van der Waals surface area contributed by atoms with Crippen molar-refractivity contribution in [2.24, 2.45) is 0 Å². The number of likely N-dealkylation sites (N-methyl/N-ethyl adjacent to an activating group) is 1. The van der Waals surface area contributed by atoms with Crippen LogP contribution < -0.4 is 4.90 Å². The molecule has 2 aliphatic heterocycles. The number of carbonyl (C=O) groups excluding carboxylic acids is 1. The highest BCUT2D eigenvalue weighted by Crippen LogP contribution is 2.31.